The van der Waals surface area contributed by atoms with Crippen molar-refractivity contribution in [1.82, 2.24) is 24.5 Å². The molecule has 3 aromatic rings. The van der Waals surface area contributed by atoms with Gasteiger partial charge in [-0.1, -0.05) is 12.1 Å². The lowest BCUT2D eigenvalue weighted by Crippen LogP contribution is -2.43. The maximum absolute atomic E-state index is 12.8. The molecule has 0 spiro atoms. The molecular formula is C21H23F3N6O. The molecule has 2 aromatic heterocycles. The van der Waals surface area contributed by atoms with E-state index in [1.165, 1.54) is 10.9 Å². The van der Waals surface area contributed by atoms with Crippen LogP contribution in [0.4, 0.5) is 23.7 Å². The molecule has 1 aromatic carbocycles. The predicted molar refractivity (Wildman–Crippen MR) is 109 cm³/mol. The number of aromatic nitrogens is 4. The zero-order valence-electron chi connectivity index (χ0n) is 17.2. The van der Waals surface area contributed by atoms with Crippen LogP contribution < -0.4 is 5.32 Å². The van der Waals surface area contributed by atoms with E-state index in [2.05, 4.69) is 15.5 Å². The lowest BCUT2D eigenvalue weighted by Gasteiger charge is -2.32. The second kappa shape index (κ2) is 8.09. The van der Waals surface area contributed by atoms with E-state index in [1.54, 1.807) is 15.8 Å². The molecule has 0 bridgehead atoms. The molecule has 3 heterocycles. The smallest absolute Gasteiger partial charge is 0.322 e. The van der Waals surface area contributed by atoms with E-state index in [4.69, 9.17) is 0 Å². The molecule has 1 aliphatic rings. The van der Waals surface area contributed by atoms with Crippen LogP contribution >= 0.6 is 0 Å². The molecule has 1 fully saturated rings. The Morgan fingerprint density at radius 2 is 2.03 bits per heavy atom. The quantitative estimate of drug-likeness (QED) is 0.659. The molecule has 1 saturated heterocycles. The number of alkyl halides is 3. The van der Waals surface area contributed by atoms with Crippen molar-refractivity contribution >= 4 is 11.7 Å². The summed E-state index contributed by atoms with van der Waals surface area (Å²) < 4.78 is 41.6. The maximum Gasteiger partial charge on any atom is 0.435 e. The van der Waals surface area contributed by atoms with Crippen molar-refractivity contribution < 1.29 is 18.0 Å². The highest BCUT2D eigenvalue weighted by molar-refractivity contribution is 5.90. The topological polar surface area (TPSA) is 68.0 Å². The second-order valence-corrected chi connectivity index (χ2v) is 7.75. The molecule has 1 N–H and O–H groups in total. The molecule has 7 nitrogen and oxygen atoms in total. The number of benzene rings is 1. The van der Waals surface area contributed by atoms with Gasteiger partial charge in [0.1, 0.15) is 0 Å². The molecule has 0 saturated carbocycles. The van der Waals surface area contributed by atoms with Crippen LogP contribution in [-0.4, -0.2) is 43.6 Å². The highest BCUT2D eigenvalue weighted by atomic mass is 19.4. The number of nitrogens with one attached hydrogen (secondary N) is 1. The number of carbonyl (C=O) groups is 1. The predicted octanol–water partition coefficient (Wildman–Crippen LogP) is 4.57. The highest BCUT2D eigenvalue weighted by Gasteiger charge is 2.35. The third kappa shape index (κ3) is 4.42. The minimum atomic E-state index is -4.48. The van der Waals surface area contributed by atoms with Crippen LogP contribution in [0, 0.1) is 13.8 Å². The lowest BCUT2D eigenvalue weighted by molar-refractivity contribution is -0.141. The Morgan fingerprint density at radius 3 is 2.74 bits per heavy atom. The first-order valence-corrected chi connectivity index (χ1v) is 10.0. The van der Waals surface area contributed by atoms with Crippen LogP contribution in [0.2, 0.25) is 0 Å². The molecule has 1 unspecified atom stereocenters. The molecular weight excluding hydrogens is 409 g/mol. The minimum absolute atomic E-state index is 0.288. The van der Waals surface area contributed by atoms with Gasteiger partial charge in [-0.05, 0) is 50.5 Å². The summed E-state index contributed by atoms with van der Waals surface area (Å²) in [7, 11) is 0. The van der Waals surface area contributed by atoms with Gasteiger partial charge in [-0.15, -0.1) is 0 Å². The number of rotatable bonds is 3. The number of anilines is 1. The number of hydrogen-bond acceptors (Lipinski definition) is 3. The van der Waals surface area contributed by atoms with Crippen molar-refractivity contribution in [3.63, 3.8) is 0 Å². The number of piperidine rings is 1. The Hall–Kier alpha value is -3.30. The average Bonchev–Trinajstić information content (AvgIpc) is 3.36. The SMILES string of the molecule is Cc1cccc(-n2ncc(NC(=O)N3CCCC(n4ccc(C(F)(F)F)n4)C3)c2C)c1. The standard InChI is InChI=1S/C21H23F3N6O/c1-14-5-3-6-16(11-14)30-15(2)18(12-25-30)26-20(31)28-9-4-7-17(13-28)29-10-8-19(27-29)21(22,23)24/h3,5-6,8,10-12,17H,4,7,9,13H2,1-2H3,(H,26,31). The van der Waals surface area contributed by atoms with Gasteiger partial charge in [0.15, 0.2) is 5.69 Å². The summed E-state index contributed by atoms with van der Waals surface area (Å²) in [6, 6.07) is 8.23. The fourth-order valence-corrected chi connectivity index (χ4v) is 3.79. The summed E-state index contributed by atoms with van der Waals surface area (Å²) in [5.41, 5.74) is 2.45. The maximum atomic E-state index is 12.8. The number of aryl methyl sites for hydroxylation is 1. The second-order valence-electron chi connectivity index (χ2n) is 7.75. The van der Waals surface area contributed by atoms with Gasteiger partial charge in [-0.25, -0.2) is 9.48 Å². The lowest BCUT2D eigenvalue weighted by atomic mass is 10.1. The van der Waals surface area contributed by atoms with Crippen molar-refractivity contribution in [3.05, 3.63) is 59.7 Å². The van der Waals surface area contributed by atoms with Crippen molar-refractivity contribution in [2.75, 3.05) is 18.4 Å². The van der Waals surface area contributed by atoms with E-state index in [9.17, 15) is 18.0 Å². The third-order valence-corrected chi connectivity index (χ3v) is 5.45. The monoisotopic (exact) mass is 432 g/mol. The molecule has 31 heavy (non-hydrogen) atoms. The van der Waals surface area contributed by atoms with E-state index >= 15 is 0 Å². The van der Waals surface area contributed by atoms with E-state index in [0.29, 0.717) is 25.1 Å². The Kier molecular flexibility index (Phi) is 5.47. The zero-order chi connectivity index (χ0) is 22.2. The number of halogens is 3. The van der Waals surface area contributed by atoms with Gasteiger partial charge in [0, 0.05) is 19.3 Å². The number of carbonyl (C=O) groups excluding carboxylic acids is 1. The van der Waals surface area contributed by atoms with Crippen LogP contribution in [0.1, 0.15) is 35.8 Å². The van der Waals surface area contributed by atoms with Gasteiger partial charge >= 0.3 is 12.2 Å². The van der Waals surface area contributed by atoms with Crippen molar-refractivity contribution in [2.45, 2.75) is 38.9 Å². The average molecular weight is 432 g/mol. The molecule has 1 atom stereocenters. The summed E-state index contributed by atoms with van der Waals surface area (Å²) in [4.78, 5) is 14.4. The van der Waals surface area contributed by atoms with Gasteiger partial charge in [-0.3, -0.25) is 4.68 Å². The fraction of sp³-hybridized carbons (Fsp3) is 0.381. The van der Waals surface area contributed by atoms with Gasteiger partial charge < -0.3 is 10.2 Å². The van der Waals surface area contributed by atoms with Gasteiger partial charge in [0.2, 0.25) is 0 Å². The summed E-state index contributed by atoms with van der Waals surface area (Å²) in [6.45, 7) is 4.68. The van der Waals surface area contributed by atoms with Crippen LogP contribution in [0.3, 0.4) is 0 Å². The first-order valence-electron chi connectivity index (χ1n) is 10.0. The fourth-order valence-electron chi connectivity index (χ4n) is 3.79. The van der Waals surface area contributed by atoms with E-state index in [1.807, 2.05) is 38.1 Å². The Balaban J connectivity index is 1.45. The molecule has 0 radical (unpaired) electrons. The number of nitrogens with zero attached hydrogens (tertiary/aromatic N) is 5. The Morgan fingerprint density at radius 1 is 1.23 bits per heavy atom. The van der Waals surface area contributed by atoms with Crippen LogP contribution in [-0.2, 0) is 6.18 Å². The van der Waals surface area contributed by atoms with Crippen LogP contribution in [0.5, 0.6) is 0 Å². The molecule has 10 heteroatoms. The van der Waals surface area contributed by atoms with E-state index in [0.717, 1.165) is 23.0 Å². The zero-order valence-corrected chi connectivity index (χ0v) is 17.2. The van der Waals surface area contributed by atoms with E-state index in [-0.39, 0.29) is 18.6 Å². The van der Waals surface area contributed by atoms with Gasteiger partial charge in [0.25, 0.3) is 0 Å². The van der Waals surface area contributed by atoms with Crippen molar-refractivity contribution in [1.29, 1.82) is 0 Å². The number of urea groups is 1. The van der Waals surface area contributed by atoms with Crippen molar-refractivity contribution in [2.24, 2.45) is 0 Å². The Labute approximate surface area is 177 Å². The summed E-state index contributed by atoms with van der Waals surface area (Å²) in [5, 5.41) is 10.9. The first kappa shape index (κ1) is 21.0. The van der Waals surface area contributed by atoms with Crippen LogP contribution in [0.25, 0.3) is 5.69 Å². The van der Waals surface area contributed by atoms with Crippen molar-refractivity contribution in [3.8, 4) is 5.69 Å². The molecule has 4 rings (SSSR count). The number of amides is 2. The number of likely N-dealkylation sites (tertiary alicyclic amines) is 1. The Bertz CT molecular complexity index is 1090. The van der Waals surface area contributed by atoms with Crippen LogP contribution in [0.15, 0.2) is 42.7 Å². The third-order valence-electron chi connectivity index (χ3n) is 5.45. The summed E-state index contributed by atoms with van der Waals surface area (Å²) in [5.74, 6) is 0. The largest absolute Gasteiger partial charge is 0.435 e. The minimum Gasteiger partial charge on any atom is -0.322 e. The van der Waals surface area contributed by atoms with Gasteiger partial charge in [-0.2, -0.15) is 23.4 Å². The normalized spacial score (nSPS) is 17.1. The summed E-state index contributed by atoms with van der Waals surface area (Å²) >= 11 is 0. The molecule has 2 amide bonds. The summed E-state index contributed by atoms with van der Waals surface area (Å²) in [6.07, 6.45) is -0.217. The van der Waals surface area contributed by atoms with E-state index < -0.39 is 11.9 Å². The molecule has 164 valence electrons. The number of hydrogen-bond donors (Lipinski definition) is 1. The highest BCUT2D eigenvalue weighted by Crippen LogP contribution is 2.29. The first-order chi connectivity index (χ1) is 14.7. The molecule has 1 aliphatic heterocycles. The molecule has 0 aliphatic carbocycles. The van der Waals surface area contributed by atoms with Gasteiger partial charge in [0.05, 0.1) is 29.3 Å².